The van der Waals surface area contributed by atoms with Gasteiger partial charge in [0.15, 0.2) is 0 Å². The van der Waals surface area contributed by atoms with Crippen LogP contribution in [0.1, 0.15) is 30.7 Å². The van der Waals surface area contributed by atoms with Crippen LogP contribution >= 0.6 is 0 Å². The molecule has 0 saturated heterocycles. The van der Waals surface area contributed by atoms with Crippen molar-refractivity contribution in [1.82, 2.24) is 0 Å². The summed E-state index contributed by atoms with van der Waals surface area (Å²) >= 11 is 0. The molecule has 13 heavy (non-hydrogen) atoms. The average molecular weight is 171 g/mol. The second kappa shape index (κ2) is 3.62. The van der Waals surface area contributed by atoms with E-state index in [1.807, 2.05) is 6.07 Å². The van der Waals surface area contributed by atoms with Crippen LogP contribution in [0.15, 0.2) is 30.3 Å². The predicted molar refractivity (Wildman–Crippen MR) is 52.1 cm³/mol. The first-order valence-electron chi connectivity index (χ1n) is 4.86. The molecule has 1 aromatic carbocycles. The monoisotopic (exact) mass is 171 g/mol. The third-order valence-electron chi connectivity index (χ3n) is 2.91. The van der Waals surface area contributed by atoms with Crippen molar-refractivity contribution in [3.63, 3.8) is 0 Å². The standard InChI is InChI=1S/C12H13N/c13-9-11-7-4-8-12(11)10-5-2-1-3-6-10/h1-3,5-6,11-12H,4,7-8H2/t11-,12+/m1/s1. The minimum atomic E-state index is 0.252. The quantitative estimate of drug-likeness (QED) is 0.637. The molecule has 0 bridgehead atoms. The Morgan fingerprint density at radius 2 is 1.92 bits per heavy atom. The van der Waals surface area contributed by atoms with Crippen molar-refractivity contribution in [2.75, 3.05) is 0 Å². The van der Waals surface area contributed by atoms with Gasteiger partial charge in [-0.15, -0.1) is 0 Å². The topological polar surface area (TPSA) is 23.8 Å². The molecule has 0 heterocycles. The molecule has 1 aliphatic carbocycles. The van der Waals surface area contributed by atoms with Crippen molar-refractivity contribution < 1.29 is 0 Å². The van der Waals surface area contributed by atoms with Crippen LogP contribution in [0.2, 0.25) is 0 Å². The number of hydrogen-bond donors (Lipinski definition) is 0. The molecular formula is C12H13N. The molecule has 0 unspecified atom stereocenters. The van der Waals surface area contributed by atoms with Crippen molar-refractivity contribution in [1.29, 1.82) is 5.26 Å². The van der Waals surface area contributed by atoms with E-state index in [1.54, 1.807) is 0 Å². The second-order valence-corrected chi connectivity index (χ2v) is 3.68. The normalized spacial score (nSPS) is 27.0. The van der Waals surface area contributed by atoms with Gasteiger partial charge in [-0.05, 0) is 24.3 Å². The van der Waals surface area contributed by atoms with Gasteiger partial charge >= 0.3 is 0 Å². The zero-order valence-electron chi connectivity index (χ0n) is 7.61. The lowest BCUT2D eigenvalue weighted by Crippen LogP contribution is -2.02. The lowest BCUT2D eigenvalue weighted by atomic mass is 9.90. The Morgan fingerprint density at radius 1 is 1.15 bits per heavy atom. The number of rotatable bonds is 1. The van der Waals surface area contributed by atoms with Gasteiger partial charge in [0.05, 0.1) is 12.0 Å². The molecule has 1 fully saturated rings. The Bertz CT molecular complexity index is 310. The molecule has 66 valence electrons. The zero-order valence-corrected chi connectivity index (χ0v) is 7.61. The Morgan fingerprint density at radius 3 is 2.62 bits per heavy atom. The Labute approximate surface area is 79.0 Å². The summed E-state index contributed by atoms with van der Waals surface area (Å²) in [7, 11) is 0. The van der Waals surface area contributed by atoms with Crippen LogP contribution in [0.4, 0.5) is 0 Å². The molecule has 0 N–H and O–H groups in total. The minimum absolute atomic E-state index is 0.252. The highest BCUT2D eigenvalue weighted by molar-refractivity contribution is 5.23. The van der Waals surface area contributed by atoms with E-state index < -0.39 is 0 Å². The second-order valence-electron chi connectivity index (χ2n) is 3.68. The number of nitrogens with zero attached hydrogens (tertiary/aromatic N) is 1. The molecule has 0 aliphatic heterocycles. The third-order valence-corrected chi connectivity index (χ3v) is 2.91. The van der Waals surface area contributed by atoms with E-state index in [9.17, 15) is 0 Å². The fourth-order valence-corrected chi connectivity index (χ4v) is 2.21. The highest BCUT2D eigenvalue weighted by Crippen LogP contribution is 2.38. The minimum Gasteiger partial charge on any atom is -0.198 e. The molecule has 1 nitrogen and oxygen atoms in total. The van der Waals surface area contributed by atoms with Gasteiger partial charge < -0.3 is 0 Å². The first-order chi connectivity index (χ1) is 6.42. The molecular weight excluding hydrogens is 158 g/mol. The van der Waals surface area contributed by atoms with E-state index in [0.29, 0.717) is 5.92 Å². The summed E-state index contributed by atoms with van der Waals surface area (Å²) in [6, 6.07) is 12.8. The summed E-state index contributed by atoms with van der Waals surface area (Å²) in [6.07, 6.45) is 3.47. The fourth-order valence-electron chi connectivity index (χ4n) is 2.21. The molecule has 2 rings (SSSR count). The molecule has 1 saturated carbocycles. The van der Waals surface area contributed by atoms with Crippen molar-refractivity contribution in [3.05, 3.63) is 35.9 Å². The number of benzene rings is 1. The first kappa shape index (κ1) is 8.31. The Hall–Kier alpha value is -1.29. The summed E-state index contributed by atoms with van der Waals surface area (Å²) < 4.78 is 0. The van der Waals surface area contributed by atoms with Crippen LogP contribution in [-0.4, -0.2) is 0 Å². The van der Waals surface area contributed by atoms with E-state index in [2.05, 4.69) is 30.3 Å². The fraction of sp³-hybridized carbons (Fsp3) is 0.417. The van der Waals surface area contributed by atoms with Gasteiger partial charge in [-0.25, -0.2) is 0 Å². The van der Waals surface area contributed by atoms with Crippen LogP contribution in [0.5, 0.6) is 0 Å². The van der Waals surface area contributed by atoms with Gasteiger partial charge in [0, 0.05) is 0 Å². The molecule has 0 radical (unpaired) electrons. The predicted octanol–water partition coefficient (Wildman–Crippen LogP) is 3.09. The average Bonchev–Trinajstić information content (AvgIpc) is 2.67. The Kier molecular flexibility index (Phi) is 2.31. The summed E-state index contributed by atoms with van der Waals surface area (Å²) in [4.78, 5) is 0. The van der Waals surface area contributed by atoms with Crippen LogP contribution in [0.25, 0.3) is 0 Å². The van der Waals surface area contributed by atoms with E-state index in [0.717, 1.165) is 6.42 Å². The van der Waals surface area contributed by atoms with Gasteiger partial charge in [0.25, 0.3) is 0 Å². The van der Waals surface area contributed by atoms with E-state index in [4.69, 9.17) is 5.26 Å². The van der Waals surface area contributed by atoms with Crippen LogP contribution in [-0.2, 0) is 0 Å². The summed E-state index contributed by atoms with van der Waals surface area (Å²) in [5.74, 6) is 0.744. The van der Waals surface area contributed by atoms with Crippen molar-refractivity contribution in [2.45, 2.75) is 25.2 Å². The number of nitriles is 1. The van der Waals surface area contributed by atoms with Crippen LogP contribution in [0.3, 0.4) is 0 Å². The SMILES string of the molecule is N#C[C@H]1CCC[C@H]1c1ccccc1. The molecule has 1 aromatic rings. The maximum Gasteiger partial charge on any atom is 0.0662 e. The maximum absolute atomic E-state index is 8.95. The molecule has 2 atom stereocenters. The summed E-state index contributed by atoms with van der Waals surface area (Å²) in [5, 5.41) is 8.95. The maximum atomic E-state index is 8.95. The molecule has 1 aliphatic rings. The van der Waals surface area contributed by atoms with Crippen molar-refractivity contribution in [3.8, 4) is 6.07 Å². The van der Waals surface area contributed by atoms with Gasteiger partial charge in [-0.3, -0.25) is 0 Å². The molecule has 0 aromatic heterocycles. The summed E-state index contributed by atoms with van der Waals surface area (Å²) in [6.45, 7) is 0. The van der Waals surface area contributed by atoms with Gasteiger partial charge in [-0.2, -0.15) is 5.26 Å². The van der Waals surface area contributed by atoms with Gasteiger partial charge in [0.1, 0.15) is 0 Å². The third kappa shape index (κ3) is 1.58. The lowest BCUT2D eigenvalue weighted by Gasteiger charge is -2.12. The highest BCUT2D eigenvalue weighted by atomic mass is 14.4. The summed E-state index contributed by atoms with van der Waals surface area (Å²) in [5.41, 5.74) is 1.34. The first-order valence-corrected chi connectivity index (χ1v) is 4.86. The van der Waals surface area contributed by atoms with Crippen molar-refractivity contribution in [2.24, 2.45) is 5.92 Å². The van der Waals surface area contributed by atoms with Crippen molar-refractivity contribution >= 4 is 0 Å². The van der Waals surface area contributed by atoms with Gasteiger partial charge in [0.2, 0.25) is 0 Å². The highest BCUT2D eigenvalue weighted by Gasteiger charge is 2.27. The lowest BCUT2D eigenvalue weighted by molar-refractivity contribution is 0.603. The molecule has 1 heteroatoms. The van der Waals surface area contributed by atoms with E-state index >= 15 is 0 Å². The smallest absolute Gasteiger partial charge is 0.0662 e. The van der Waals surface area contributed by atoms with Crippen LogP contribution < -0.4 is 0 Å². The van der Waals surface area contributed by atoms with E-state index in [-0.39, 0.29) is 5.92 Å². The number of hydrogen-bond acceptors (Lipinski definition) is 1. The molecule has 0 spiro atoms. The zero-order chi connectivity index (χ0) is 9.10. The molecule has 0 amide bonds. The van der Waals surface area contributed by atoms with E-state index in [1.165, 1.54) is 18.4 Å². The Balaban J connectivity index is 2.22. The van der Waals surface area contributed by atoms with Crippen LogP contribution in [0, 0.1) is 17.2 Å². The van der Waals surface area contributed by atoms with Gasteiger partial charge in [-0.1, -0.05) is 36.8 Å². The largest absolute Gasteiger partial charge is 0.198 e.